The van der Waals surface area contributed by atoms with E-state index in [0.717, 1.165) is 29.4 Å². The molecule has 0 aliphatic carbocycles. The van der Waals surface area contributed by atoms with Crippen LogP contribution in [0.1, 0.15) is 116 Å². The number of rotatable bonds is 31. The second-order valence-corrected chi connectivity index (χ2v) is 20.4. The first-order valence-electron chi connectivity index (χ1n) is 26.5. The molecule has 0 aromatic heterocycles. The third-order valence-corrected chi connectivity index (χ3v) is 11.9. The number of H-pyrrole nitrogens is 1. The smallest absolute Gasteiger partial charge is 0.308 e. The summed E-state index contributed by atoms with van der Waals surface area (Å²) in [6.45, 7) is 12.5. The van der Waals surface area contributed by atoms with Crippen LogP contribution in [0.25, 0.3) is 17.1 Å². The second kappa shape index (κ2) is 30.7. The summed E-state index contributed by atoms with van der Waals surface area (Å²) < 4.78 is 38.5. The zero-order valence-corrected chi connectivity index (χ0v) is 45.6. The van der Waals surface area contributed by atoms with Gasteiger partial charge in [0.2, 0.25) is 23.6 Å². The van der Waals surface area contributed by atoms with Crippen molar-refractivity contribution in [3.05, 3.63) is 124 Å². The number of fused-ring (bicyclic) bond motifs is 1. The summed E-state index contributed by atoms with van der Waals surface area (Å²) in [5, 5.41) is 9.96. The maximum atomic E-state index is 15.4. The highest BCUT2D eigenvalue weighted by Gasteiger charge is 2.34. The van der Waals surface area contributed by atoms with Crippen molar-refractivity contribution in [2.24, 2.45) is 17.8 Å². The van der Waals surface area contributed by atoms with Crippen LogP contribution in [0.15, 0.2) is 89.9 Å². The molecular weight excluding hydrogens is 1010 g/mol. The van der Waals surface area contributed by atoms with E-state index < -0.39 is 84.7 Å². The van der Waals surface area contributed by atoms with Gasteiger partial charge < -0.3 is 45.2 Å². The zero-order valence-electron chi connectivity index (χ0n) is 45.6. The van der Waals surface area contributed by atoms with E-state index in [2.05, 4.69) is 26.3 Å². The van der Waals surface area contributed by atoms with Gasteiger partial charge in [-0.15, -0.1) is 0 Å². The lowest BCUT2D eigenvalue weighted by atomic mass is 10.1. The van der Waals surface area contributed by atoms with Gasteiger partial charge in [-0.25, -0.2) is 9.37 Å². The SMILES string of the molecule is CC(=O)N[C@@H](CC(=O)OCC(C)C)C(=O)N[C@@H](CC(=O)OCC(C)C)C(=O)N[C@@H](CC(=O)OCC(C)C)C(=O)NCCCCCCOc1ccc(Cc2nc3c(Cc4ccccc4)[nH]c(-c4ccccc4)cn-3c2=O)cc1F. The van der Waals surface area contributed by atoms with Crippen LogP contribution in [0.3, 0.4) is 0 Å². The number of hydrogen-bond donors (Lipinski definition) is 5. The normalized spacial score (nSPS) is 12.4. The summed E-state index contributed by atoms with van der Waals surface area (Å²) in [7, 11) is 0. The zero-order chi connectivity index (χ0) is 56.7. The molecule has 78 heavy (non-hydrogen) atoms. The Balaban J connectivity index is 1.15. The lowest BCUT2D eigenvalue weighted by molar-refractivity contribution is -0.150. The van der Waals surface area contributed by atoms with Gasteiger partial charge >= 0.3 is 17.9 Å². The molecule has 20 heteroatoms. The van der Waals surface area contributed by atoms with Crippen molar-refractivity contribution < 1.29 is 56.9 Å². The summed E-state index contributed by atoms with van der Waals surface area (Å²) in [4.78, 5) is 114. The van der Waals surface area contributed by atoms with Crippen LogP contribution in [0.5, 0.6) is 5.75 Å². The number of esters is 3. The van der Waals surface area contributed by atoms with E-state index in [1.165, 1.54) is 12.1 Å². The summed E-state index contributed by atoms with van der Waals surface area (Å²) in [5.74, 6) is -5.97. The van der Waals surface area contributed by atoms with E-state index in [4.69, 9.17) is 23.9 Å². The molecule has 0 saturated carbocycles. The Morgan fingerprint density at radius 2 is 1.15 bits per heavy atom. The van der Waals surface area contributed by atoms with Gasteiger partial charge in [-0.1, -0.05) is 121 Å². The van der Waals surface area contributed by atoms with Crippen molar-refractivity contribution in [1.82, 2.24) is 35.8 Å². The van der Waals surface area contributed by atoms with Crippen LogP contribution < -0.4 is 31.6 Å². The highest BCUT2D eigenvalue weighted by Crippen LogP contribution is 2.25. The quantitative estimate of drug-likeness (QED) is 0.0186. The highest BCUT2D eigenvalue weighted by atomic mass is 19.1. The molecule has 3 atom stereocenters. The second-order valence-electron chi connectivity index (χ2n) is 20.4. The molecule has 0 radical (unpaired) electrons. The molecule has 2 aliphatic heterocycles. The van der Waals surface area contributed by atoms with Crippen LogP contribution in [0, 0.1) is 23.6 Å². The Hall–Kier alpha value is -7.90. The topological polar surface area (TPSA) is 255 Å². The molecule has 0 unspecified atom stereocenters. The average molecular weight is 1080 g/mol. The Morgan fingerprint density at radius 1 is 0.628 bits per heavy atom. The molecule has 420 valence electrons. The van der Waals surface area contributed by atoms with E-state index in [1.807, 2.05) is 88.4 Å². The summed E-state index contributed by atoms with van der Waals surface area (Å²) >= 11 is 0. The van der Waals surface area contributed by atoms with Gasteiger partial charge in [0, 0.05) is 32.5 Å². The molecule has 5 rings (SSSR count). The van der Waals surface area contributed by atoms with Gasteiger partial charge in [-0.05, 0) is 59.4 Å². The molecule has 0 fully saturated rings. The molecule has 5 N–H and O–H groups in total. The summed E-state index contributed by atoms with van der Waals surface area (Å²) in [6, 6.07) is 19.5. The monoisotopic (exact) mass is 1080 g/mol. The number of amides is 4. The molecule has 2 aliphatic rings. The first-order chi connectivity index (χ1) is 37.3. The maximum absolute atomic E-state index is 15.4. The van der Waals surface area contributed by atoms with Gasteiger partial charge in [-0.3, -0.25) is 42.9 Å². The number of aromatic amines is 1. The van der Waals surface area contributed by atoms with E-state index >= 15 is 4.39 Å². The molecule has 0 saturated heterocycles. The van der Waals surface area contributed by atoms with Crippen LogP contribution in [0.4, 0.5) is 4.39 Å². The molecule has 3 aromatic carbocycles. The fraction of sp³-hybridized carbons (Fsp3) is 0.466. The van der Waals surface area contributed by atoms with Crippen LogP contribution in [-0.2, 0) is 60.6 Å². The predicted molar refractivity (Wildman–Crippen MR) is 289 cm³/mol. The molecule has 4 amide bonds. The number of unbranched alkanes of at least 4 members (excludes halogenated alkanes) is 3. The first-order valence-corrected chi connectivity index (χ1v) is 26.5. The number of carbonyl (C=O) groups is 7. The first kappa shape index (κ1) is 61.0. The number of nitrogens with zero attached hydrogens (tertiary/aromatic N) is 2. The maximum Gasteiger partial charge on any atom is 0.308 e. The lowest BCUT2D eigenvalue weighted by Crippen LogP contribution is -2.57. The number of ether oxygens (including phenoxy) is 4. The number of halogens is 1. The van der Waals surface area contributed by atoms with E-state index in [-0.39, 0.29) is 74.1 Å². The number of hydrogen-bond acceptors (Lipinski definition) is 13. The van der Waals surface area contributed by atoms with Crippen molar-refractivity contribution in [3.63, 3.8) is 0 Å². The van der Waals surface area contributed by atoms with E-state index in [1.54, 1.807) is 30.7 Å². The number of nitrogens with one attached hydrogen (secondary N) is 5. The lowest BCUT2D eigenvalue weighted by Gasteiger charge is -2.25. The van der Waals surface area contributed by atoms with Crippen molar-refractivity contribution in [2.45, 2.75) is 124 Å². The molecular formula is C58H74FN7O12. The minimum Gasteiger partial charge on any atom is -0.491 e. The molecule has 0 spiro atoms. The van der Waals surface area contributed by atoms with Gasteiger partial charge in [0.05, 0.1) is 57.1 Å². The van der Waals surface area contributed by atoms with Crippen molar-refractivity contribution in [3.8, 4) is 22.8 Å². The third-order valence-electron chi connectivity index (χ3n) is 11.9. The average Bonchev–Trinajstić information content (AvgIpc) is 3.75. The third kappa shape index (κ3) is 20.2. The van der Waals surface area contributed by atoms with E-state index in [9.17, 15) is 38.4 Å². The van der Waals surface area contributed by atoms with E-state index in [0.29, 0.717) is 43.5 Å². The molecule has 19 nitrogen and oxygen atoms in total. The van der Waals surface area contributed by atoms with Gasteiger partial charge in [0.1, 0.15) is 23.8 Å². The standard InChI is InChI=1S/C58H74FN7O12/c1-36(2)33-76-51(68)29-45(64-57(73)47(31-53(70)78-35-38(5)6)65-56(72)46(61-39(7)67)30-52(69)77-34-37(3)4)55(71)60-24-16-8-9-17-25-75-50-23-22-41(26-43(50)59)28-48-58(74)66-32-49(42-20-14-11-15-21-42)62-44(54(66)63-48)27-40-18-12-10-13-19-40/h10-15,18-23,26,32,36-38,45-47,62H,8-9,16-17,24-25,27-31,33-35H2,1-7H3,(H,60,71)(H,61,67)(H,64,73)(H,65,72)/t45-,46-,47-/m0/s1. The Kier molecular flexibility index (Phi) is 24.0. The van der Waals surface area contributed by atoms with Crippen molar-refractivity contribution in [2.75, 3.05) is 33.0 Å². The summed E-state index contributed by atoms with van der Waals surface area (Å²) in [5.41, 5.74) is 4.00. The van der Waals surface area contributed by atoms with Crippen molar-refractivity contribution in [1.29, 1.82) is 0 Å². The number of aromatic nitrogens is 3. The highest BCUT2D eigenvalue weighted by molar-refractivity contribution is 5.97. The molecule has 2 heterocycles. The molecule has 0 bridgehead atoms. The Morgan fingerprint density at radius 3 is 1.69 bits per heavy atom. The fourth-order valence-electron chi connectivity index (χ4n) is 7.92. The minimum absolute atomic E-state index is 0.00780. The predicted octanol–water partition coefficient (Wildman–Crippen LogP) is 6.28. The minimum atomic E-state index is -1.67. The number of carbonyl (C=O) groups excluding carboxylic acids is 7. The van der Waals surface area contributed by atoms with Gasteiger partial charge in [-0.2, -0.15) is 0 Å². The Labute approximate surface area is 454 Å². The van der Waals surface area contributed by atoms with Crippen LogP contribution in [0.2, 0.25) is 0 Å². The van der Waals surface area contributed by atoms with Gasteiger partial charge in [0.25, 0.3) is 5.56 Å². The van der Waals surface area contributed by atoms with Gasteiger partial charge in [0.15, 0.2) is 17.4 Å². The summed E-state index contributed by atoms with van der Waals surface area (Å²) in [6.07, 6.45) is 2.82. The van der Waals surface area contributed by atoms with Crippen LogP contribution >= 0.6 is 0 Å². The largest absolute Gasteiger partial charge is 0.491 e. The fourth-order valence-corrected chi connectivity index (χ4v) is 7.92. The number of imidazole rings is 1. The Bertz CT molecular complexity index is 2820. The van der Waals surface area contributed by atoms with Crippen LogP contribution in [-0.4, -0.2) is 107 Å². The van der Waals surface area contributed by atoms with Crippen molar-refractivity contribution >= 4 is 41.5 Å². The molecule has 3 aromatic rings. The number of benzene rings is 3.